The van der Waals surface area contributed by atoms with Crippen molar-refractivity contribution in [3.05, 3.63) is 53.2 Å². The van der Waals surface area contributed by atoms with E-state index in [2.05, 4.69) is 20.9 Å². The van der Waals surface area contributed by atoms with Gasteiger partial charge in [-0.1, -0.05) is 43.2 Å². The molecule has 0 saturated carbocycles. The van der Waals surface area contributed by atoms with Gasteiger partial charge in [0.05, 0.1) is 18.6 Å². The lowest BCUT2D eigenvalue weighted by Crippen LogP contribution is -2.48. The molecular weight excluding hydrogens is 548 g/mol. The molecule has 0 bridgehead atoms. The molecule has 3 heterocycles. The summed E-state index contributed by atoms with van der Waals surface area (Å²) in [5.41, 5.74) is -0.321. The number of aromatic nitrogens is 4. The number of aliphatic hydroxyl groups is 3. The number of aliphatic hydroxyl groups excluding tert-OH is 2. The van der Waals surface area contributed by atoms with Crippen molar-refractivity contribution in [1.82, 2.24) is 19.5 Å². The Morgan fingerprint density at radius 2 is 1.95 bits per heavy atom. The lowest BCUT2D eigenvalue weighted by molar-refractivity contribution is -0.191. The second-order valence-corrected chi connectivity index (χ2v) is 9.46. The number of carboxylic acid groups (broad SMARTS) is 1. The van der Waals surface area contributed by atoms with E-state index in [1.54, 1.807) is 24.3 Å². The lowest BCUT2D eigenvalue weighted by atomic mass is 9.93. The van der Waals surface area contributed by atoms with E-state index >= 15 is 0 Å². The van der Waals surface area contributed by atoms with Gasteiger partial charge in [0.1, 0.15) is 17.7 Å². The highest BCUT2D eigenvalue weighted by atomic mass is 35.5. The van der Waals surface area contributed by atoms with Crippen LogP contribution in [0.25, 0.3) is 11.2 Å². The number of halogens is 1. The van der Waals surface area contributed by atoms with Gasteiger partial charge >= 0.3 is 12.1 Å². The third kappa shape index (κ3) is 6.70. The van der Waals surface area contributed by atoms with Crippen molar-refractivity contribution < 1.29 is 44.3 Å². The number of nitrogens with zero attached hydrogens (tertiary/aromatic N) is 4. The topological polar surface area (TPSA) is 194 Å². The van der Waals surface area contributed by atoms with Crippen molar-refractivity contribution in [2.75, 3.05) is 13.2 Å². The third-order valence-corrected chi connectivity index (χ3v) is 6.50. The van der Waals surface area contributed by atoms with Gasteiger partial charge in [-0.3, -0.25) is 4.57 Å². The van der Waals surface area contributed by atoms with Gasteiger partial charge in [-0.05, 0) is 29.5 Å². The van der Waals surface area contributed by atoms with Crippen LogP contribution in [0.1, 0.15) is 24.4 Å². The number of hydrogen-bond donors (Lipinski definition) is 4. The maximum atomic E-state index is 11.8. The van der Waals surface area contributed by atoms with Gasteiger partial charge in [0.25, 0.3) is 0 Å². The summed E-state index contributed by atoms with van der Waals surface area (Å²) < 4.78 is 12.9. The van der Waals surface area contributed by atoms with Crippen molar-refractivity contribution in [1.29, 1.82) is 0 Å². The van der Waals surface area contributed by atoms with Crippen LogP contribution >= 0.6 is 11.6 Å². The molecule has 3 aromatic rings. The van der Waals surface area contributed by atoms with Crippen LogP contribution < -0.4 is 0 Å². The molecule has 2 aromatic heterocycles. The Hall–Kier alpha value is -3.73. The van der Waals surface area contributed by atoms with Crippen molar-refractivity contribution in [2.45, 2.75) is 49.9 Å². The minimum Gasteiger partial charge on any atom is -0.479 e. The SMILES string of the molecule is C#C[C@@]1(O)[C@@H](COC(Cc2ccccc2)C(=O)O)O[C@@H](n2cnc3c(C[C@H](C)CO)nc(Cl)nc32)[C@@H]1O.O=C=O. The van der Waals surface area contributed by atoms with Crippen LogP contribution in [0, 0.1) is 18.3 Å². The number of imidazole rings is 1. The summed E-state index contributed by atoms with van der Waals surface area (Å²) in [5.74, 6) is 0.865. The number of carbonyl (C=O) groups is 1. The van der Waals surface area contributed by atoms with Gasteiger partial charge in [-0.2, -0.15) is 14.6 Å². The molecule has 0 radical (unpaired) electrons. The average Bonchev–Trinajstić information content (AvgIpc) is 3.46. The average molecular weight is 575 g/mol. The molecule has 212 valence electrons. The van der Waals surface area contributed by atoms with Crippen molar-refractivity contribution in [2.24, 2.45) is 5.92 Å². The Bertz CT molecular complexity index is 1390. The summed E-state index contributed by atoms with van der Waals surface area (Å²) in [4.78, 5) is 40.8. The molecule has 1 saturated heterocycles. The number of carboxylic acids is 1. The molecule has 1 aliphatic heterocycles. The number of hydrogen-bond acceptors (Lipinski definition) is 11. The second-order valence-electron chi connectivity index (χ2n) is 9.12. The van der Waals surface area contributed by atoms with E-state index in [-0.39, 0.29) is 36.0 Å². The Kier molecular flexibility index (Phi) is 10.4. The Morgan fingerprint density at radius 1 is 1.27 bits per heavy atom. The van der Waals surface area contributed by atoms with Crippen LogP contribution in [0.5, 0.6) is 0 Å². The molecule has 13 nitrogen and oxygen atoms in total. The summed E-state index contributed by atoms with van der Waals surface area (Å²) in [7, 11) is 0. The van der Waals surface area contributed by atoms with Crippen molar-refractivity contribution >= 4 is 34.9 Å². The van der Waals surface area contributed by atoms with Crippen LogP contribution in [-0.4, -0.2) is 89.2 Å². The van der Waals surface area contributed by atoms with E-state index in [4.69, 9.17) is 37.1 Å². The fraction of sp³-hybridized carbons (Fsp3) is 0.423. The summed E-state index contributed by atoms with van der Waals surface area (Å²) in [6.07, 6.45) is 2.28. The predicted octanol–water partition coefficient (Wildman–Crippen LogP) is 0.402. The zero-order valence-electron chi connectivity index (χ0n) is 21.3. The fourth-order valence-electron chi connectivity index (χ4n) is 4.23. The summed E-state index contributed by atoms with van der Waals surface area (Å²) >= 11 is 6.13. The highest BCUT2D eigenvalue weighted by Gasteiger charge is 2.56. The van der Waals surface area contributed by atoms with E-state index in [9.17, 15) is 25.2 Å². The molecule has 1 fully saturated rings. The second kappa shape index (κ2) is 13.6. The number of ether oxygens (including phenoxy) is 2. The zero-order chi connectivity index (χ0) is 29.4. The maximum absolute atomic E-state index is 11.8. The molecule has 1 unspecified atom stereocenters. The van der Waals surface area contributed by atoms with Gasteiger partial charge in [-0.15, -0.1) is 6.42 Å². The molecule has 0 amide bonds. The van der Waals surface area contributed by atoms with Crippen LogP contribution in [-0.2, 0) is 36.7 Å². The number of rotatable bonds is 10. The number of aliphatic carboxylic acids is 1. The number of terminal acetylenes is 1. The van der Waals surface area contributed by atoms with E-state index in [0.29, 0.717) is 17.6 Å². The molecule has 6 atom stereocenters. The molecule has 4 N–H and O–H groups in total. The van der Waals surface area contributed by atoms with E-state index in [1.165, 1.54) is 10.9 Å². The summed E-state index contributed by atoms with van der Waals surface area (Å²) in [5, 5.41) is 41.1. The molecule has 0 aliphatic carbocycles. The first kappa shape index (κ1) is 30.8. The maximum Gasteiger partial charge on any atom is 0.373 e. The monoisotopic (exact) mass is 574 g/mol. The van der Waals surface area contributed by atoms with Crippen LogP contribution in [0.3, 0.4) is 0 Å². The molecule has 0 spiro atoms. The standard InChI is InChI=1S/C25H27ClN4O7.CO2/c1-3-25(35)18(12-36-17(23(33)34)10-15-7-5-4-6-8-15)37-22(20(25)32)30-13-27-19-16(9-14(2)11-31)28-24(26)29-21(19)30;2-1-3/h1,4-8,13-14,17-18,20,22,31-32,35H,9-12H2,2H3,(H,33,34);/t14-,17?,18+,20-,22+,25+;/m0./s1. The largest absolute Gasteiger partial charge is 0.479 e. The molecular formula is C26H27ClN4O9. The lowest BCUT2D eigenvalue weighted by Gasteiger charge is -2.26. The van der Waals surface area contributed by atoms with E-state index < -0.39 is 42.7 Å². The Labute approximate surface area is 233 Å². The van der Waals surface area contributed by atoms with Crippen molar-refractivity contribution in [3.8, 4) is 12.3 Å². The number of benzene rings is 1. The quantitative estimate of drug-likeness (QED) is 0.192. The summed E-state index contributed by atoms with van der Waals surface area (Å²) in [6.45, 7) is 1.37. The smallest absolute Gasteiger partial charge is 0.373 e. The molecule has 14 heteroatoms. The van der Waals surface area contributed by atoms with Crippen LogP contribution in [0.4, 0.5) is 0 Å². The number of fused-ring (bicyclic) bond motifs is 1. The third-order valence-electron chi connectivity index (χ3n) is 6.33. The van der Waals surface area contributed by atoms with Crippen LogP contribution in [0.2, 0.25) is 5.28 Å². The molecule has 40 heavy (non-hydrogen) atoms. The molecule has 1 aliphatic rings. The minimum absolute atomic E-state index is 0.0627. The first-order valence-corrected chi connectivity index (χ1v) is 12.4. The fourth-order valence-corrected chi connectivity index (χ4v) is 4.42. The van der Waals surface area contributed by atoms with E-state index in [0.717, 1.165) is 5.56 Å². The number of carbonyl (C=O) groups excluding carboxylic acids is 2. The van der Waals surface area contributed by atoms with Gasteiger partial charge in [0, 0.05) is 13.0 Å². The first-order chi connectivity index (χ1) is 19.1. The van der Waals surface area contributed by atoms with Gasteiger partial charge in [0.2, 0.25) is 5.28 Å². The van der Waals surface area contributed by atoms with Crippen LogP contribution in [0.15, 0.2) is 36.7 Å². The molecule has 1 aromatic carbocycles. The van der Waals surface area contributed by atoms with Gasteiger partial charge in [-0.25, -0.2) is 14.8 Å². The summed E-state index contributed by atoms with van der Waals surface area (Å²) in [6, 6.07) is 8.93. The van der Waals surface area contributed by atoms with E-state index in [1.807, 2.05) is 13.0 Å². The zero-order valence-corrected chi connectivity index (χ0v) is 22.0. The molecule has 4 rings (SSSR count). The van der Waals surface area contributed by atoms with Crippen molar-refractivity contribution in [3.63, 3.8) is 0 Å². The normalized spacial score (nSPS) is 23.4. The first-order valence-electron chi connectivity index (χ1n) is 12.0. The predicted molar refractivity (Wildman–Crippen MR) is 137 cm³/mol. The Morgan fingerprint density at radius 3 is 2.55 bits per heavy atom. The highest BCUT2D eigenvalue weighted by molar-refractivity contribution is 6.28. The Balaban J connectivity index is 0.00000141. The highest BCUT2D eigenvalue weighted by Crippen LogP contribution is 2.39. The van der Waals surface area contributed by atoms with Gasteiger partial charge in [0.15, 0.2) is 23.6 Å². The minimum atomic E-state index is -2.19. The van der Waals surface area contributed by atoms with Gasteiger partial charge < -0.3 is 29.9 Å².